The number of imidazole rings is 1. The summed E-state index contributed by atoms with van der Waals surface area (Å²) in [6, 6.07) is 15.0. The molecule has 0 atom stereocenters. The van der Waals surface area contributed by atoms with Crippen LogP contribution in [0.5, 0.6) is 11.5 Å². The van der Waals surface area contributed by atoms with Crippen LogP contribution in [0.4, 0.5) is 0 Å². The lowest BCUT2D eigenvalue weighted by molar-refractivity contribution is 0.104. The Balaban J connectivity index is 1.51. The molecule has 0 spiro atoms. The molecule has 1 aromatic heterocycles. The van der Waals surface area contributed by atoms with Gasteiger partial charge < -0.3 is 14.5 Å². The van der Waals surface area contributed by atoms with Crippen molar-refractivity contribution in [3.8, 4) is 22.8 Å². The van der Waals surface area contributed by atoms with E-state index >= 15 is 0 Å². The van der Waals surface area contributed by atoms with Crippen LogP contribution in [0.2, 0.25) is 0 Å². The number of aromatic nitrogens is 2. The first-order valence-electron chi connectivity index (χ1n) is 7.52. The van der Waals surface area contributed by atoms with Crippen LogP contribution in [-0.4, -0.2) is 22.5 Å². The van der Waals surface area contributed by atoms with E-state index in [1.54, 1.807) is 30.5 Å². The molecule has 0 bridgehead atoms. The van der Waals surface area contributed by atoms with Crippen LogP contribution in [0.1, 0.15) is 16.2 Å². The lowest BCUT2D eigenvalue weighted by Gasteiger charge is -1.98. The minimum atomic E-state index is -0.119. The molecule has 0 unspecified atom stereocenters. The summed E-state index contributed by atoms with van der Waals surface area (Å²) in [6.07, 6.45) is 4.91. The third-order valence-electron chi connectivity index (χ3n) is 3.73. The van der Waals surface area contributed by atoms with Gasteiger partial charge in [0.25, 0.3) is 0 Å². The normalized spacial score (nSPS) is 12.7. The van der Waals surface area contributed by atoms with Crippen LogP contribution in [0.15, 0.2) is 60.8 Å². The van der Waals surface area contributed by atoms with E-state index in [0.29, 0.717) is 22.9 Å². The van der Waals surface area contributed by atoms with Crippen molar-refractivity contribution in [2.24, 2.45) is 0 Å². The molecule has 24 heavy (non-hydrogen) atoms. The first-order valence-corrected chi connectivity index (χ1v) is 7.52. The van der Waals surface area contributed by atoms with Crippen LogP contribution in [0.25, 0.3) is 17.3 Å². The zero-order chi connectivity index (χ0) is 16.4. The Morgan fingerprint density at radius 1 is 1.08 bits per heavy atom. The average molecular weight is 318 g/mol. The maximum absolute atomic E-state index is 12.3. The molecule has 0 radical (unpaired) electrons. The molecule has 0 aliphatic carbocycles. The van der Waals surface area contributed by atoms with Gasteiger partial charge in [0.1, 0.15) is 5.82 Å². The third-order valence-corrected chi connectivity index (χ3v) is 3.73. The second-order valence-electron chi connectivity index (χ2n) is 5.31. The maximum Gasteiger partial charge on any atom is 0.231 e. The lowest BCUT2D eigenvalue weighted by atomic mass is 10.1. The zero-order valence-electron chi connectivity index (χ0n) is 12.7. The number of hydrogen-bond donors (Lipinski definition) is 1. The number of allylic oxidation sites excluding steroid dienone is 1. The Bertz CT molecular complexity index is 913. The van der Waals surface area contributed by atoms with Gasteiger partial charge >= 0.3 is 0 Å². The van der Waals surface area contributed by atoms with E-state index in [-0.39, 0.29) is 12.6 Å². The number of rotatable bonds is 4. The molecular formula is C19H14N2O3. The Labute approximate surface area is 138 Å². The molecular weight excluding hydrogens is 304 g/mol. The molecule has 4 rings (SSSR count). The largest absolute Gasteiger partial charge is 0.454 e. The van der Waals surface area contributed by atoms with Gasteiger partial charge in [-0.2, -0.15) is 0 Å². The van der Waals surface area contributed by atoms with E-state index in [4.69, 9.17) is 9.47 Å². The van der Waals surface area contributed by atoms with Crippen LogP contribution in [0, 0.1) is 0 Å². The molecule has 1 aliphatic rings. The number of nitrogens with zero attached hydrogens (tertiary/aromatic N) is 1. The number of hydrogen-bond acceptors (Lipinski definition) is 4. The topological polar surface area (TPSA) is 64.2 Å². The molecule has 118 valence electrons. The SMILES string of the molecule is O=C(C=Cc1ncc(-c2ccccc2)[nH]1)c1ccc2c(c1)OCO2. The summed E-state index contributed by atoms with van der Waals surface area (Å²) in [5.74, 6) is 1.77. The summed E-state index contributed by atoms with van der Waals surface area (Å²) in [5.41, 5.74) is 2.50. The molecule has 1 aliphatic heterocycles. The van der Waals surface area contributed by atoms with Gasteiger partial charge in [0.2, 0.25) is 6.79 Å². The molecule has 3 aromatic rings. The summed E-state index contributed by atoms with van der Waals surface area (Å²) in [4.78, 5) is 19.7. The quantitative estimate of drug-likeness (QED) is 0.588. The minimum absolute atomic E-state index is 0.119. The van der Waals surface area contributed by atoms with E-state index in [0.717, 1.165) is 11.3 Å². The monoisotopic (exact) mass is 318 g/mol. The summed E-state index contributed by atoms with van der Waals surface area (Å²) in [7, 11) is 0. The number of carbonyl (C=O) groups excluding carboxylic acids is 1. The molecule has 5 nitrogen and oxygen atoms in total. The van der Waals surface area contributed by atoms with Crippen LogP contribution in [-0.2, 0) is 0 Å². The number of fused-ring (bicyclic) bond motifs is 1. The van der Waals surface area contributed by atoms with Gasteiger partial charge in [-0.15, -0.1) is 0 Å². The molecule has 2 heterocycles. The van der Waals surface area contributed by atoms with E-state index in [1.807, 2.05) is 30.3 Å². The van der Waals surface area contributed by atoms with Crippen molar-refractivity contribution in [2.75, 3.05) is 6.79 Å². The van der Waals surface area contributed by atoms with Crippen molar-refractivity contribution in [1.29, 1.82) is 0 Å². The highest BCUT2D eigenvalue weighted by Gasteiger charge is 2.15. The predicted octanol–water partition coefficient (Wildman–Crippen LogP) is 3.70. The highest BCUT2D eigenvalue weighted by molar-refractivity contribution is 6.07. The number of H-pyrrole nitrogens is 1. The van der Waals surface area contributed by atoms with E-state index in [9.17, 15) is 4.79 Å². The predicted molar refractivity (Wildman–Crippen MR) is 90.0 cm³/mol. The molecule has 5 heteroatoms. The van der Waals surface area contributed by atoms with Gasteiger partial charge in [0.05, 0.1) is 11.9 Å². The van der Waals surface area contributed by atoms with Gasteiger partial charge in [-0.05, 0) is 35.9 Å². The molecule has 2 aromatic carbocycles. The van der Waals surface area contributed by atoms with Gasteiger partial charge in [0, 0.05) is 5.56 Å². The minimum Gasteiger partial charge on any atom is -0.454 e. The second-order valence-corrected chi connectivity index (χ2v) is 5.31. The molecule has 0 saturated carbocycles. The van der Waals surface area contributed by atoms with Crippen molar-refractivity contribution >= 4 is 11.9 Å². The molecule has 0 amide bonds. The van der Waals surface area contributed by atoms with E-state index < -0.39 is 0 Å². The second kappa shape index (κ2) is 6.04. The van der Waals surface area contributed by atoms with Gasteiger partial charge in [-0.25, -0.2) is 4.98 Å². The average Bonchev–Trinajstić information content (AvgIpc) is 3.29. The summed E-state index contributed by atoms with van der Waals surface area (Å²) in [5, 5.41) is 0. The Morgan fingerprint density at radius 2 is 1.92 bits per heavy atom. The summed E-state index contributed by atoms with van der Waals surface area (Å²) < 4.78 is 10.5. The molecule has 0 saturated heterocycles. The fraction of sp³-hybridized carbons (Fsp3) is 0.0526. The number of nitrogens with one attached hydrogen (secondary N) is 1. The Hall–Kier alpha value is -3.34. The van der Waals surface area contributed by atoms with Gasteiger partial charge in [-0.3, -0.25) is 4.79 Å². The number of ketones is 1. The lowest BCUT2D eigenvalue weighted by Crippen LogP contribution is -1.94. The fourth-order valence-electron chi connectivity index (χ4n) is 2.49. The first-order chi connectivity index (χ1) is 11.8. The van der Waals surface area contributed by atoms with Crippen molar-refractivity contribution < 1.29 is 14.3 Å². The van der Waals surface area contributed by atoms with Crippen LogP contribution < -0.4 is 9.47 Å². The first kappa shape index (κ1) is 14.3. The van der Waals surface area contributed by atoms with Crippen LogP contribution in [0.3, 0.4) is 0 Å². The summed E-state index contributed by atoms with van der Waals surface area (Å²) in [6.45, 7) is 0.192. The maximum atomic E-state index is 12.3. The Morgan fingerprint density at radius 3 is 2.79 bits per heavy atom. The van der Waals surface area contributed by atoms with Gasteiger partial charge in [0.15, 0.2) is 17.3 Å². The highest BCUT2D eigenvalue weighted by atomic mass is 16.7. The number of carbonyl (C=O) groups is 1. The fourth-order valence-corrected chi connectivity index (χ4v) is 2.49. The van der Waals surface area contributed by atoms with Gasteiger partial charge in [-0.1, -0.05) is 30.3 Å². The van der Waals surface area contributed by atoms with E-state index in [1.165, 1.54) is 6.08 Å². The van der Waals surface area contributed by atoms with Crippen molar-refractivity contribution in [2.45, 2.75) is 0 Å². The zero-order valence-corrected chi connectivity index (χ0v) is 12.7. The standard InChI is InChI=1S/C19H14N2O3/c22-16(14-6-8-17-18(10-14)24-12-23-17)7-9-19-20-11-15(21-19)13-4-2-1-3-5-13/h1-11H,12H2,(H,20,21). The number of ether oxygens (including phenoxy) is 2. The number of benzene rings is 2. The molecule has 1 N–H and O–H groups in total. The molecule has 0 fully saturated rings. The smallest absolute Gasteiger partial charge is 0.231 e. The van der Waals surface area contributed by atoms with Crippen LogP contribution >= 0.6 is 0 Å². The van der Waals surface area contributed by atoms with Crippen molar-refractivity contribution in [3.05, 3.63) is 72.2 Å². The van der Waals surface area contributed by atoms with E-state index in [2.05, 4.69) is 9.97 Å². The van der Waals surface area contributed by atoms with Crippen molar-refractivity contribution in [1.82, 2.24) is 9.97 Å². The van der Waals surface area contributed by atoms with Crippen molar-refractivity contribution in [3.63, 3.8) is 0 Å². The highest BCUT2D eigenvalue weighted by Crippen LogP contribution is 2.32. The summed E-state index contributed by atoms with van der Waals surface area (Å²) >= 11 is 0. The third kappa shape index (κ3) is 2.79. The number of aromatic amines is 1. The Kier molecular flexibility index (Phi) is 3.59.